The summed E-state index contributed by atoms with van der Waals surface area (Å²) in [6, 6.07) is 10.6. The number of halogens is 6. The van der Waals surface area contributed by atoms with Gasteiger partial charge < -0.3 is 9.53 Å². The molecule has 1 N–H and O–H groups in total. The van der Waals surface area contributed by atoms with Gasteiger partial charge in [-0.2, -0.15) is 31.4 Å². The molecule has 3 aromatic rings. The van der Waals surface area contributed by atoms with Crippen LogP contribution in [0.3, 0.4) is 0 Å². The molecule has 0 amide bonds. The number of hydrogen-bond donors (Lipinski definition) is 1. The Kier molecular flexibility index (Phi) is 7.30. The number of aromatic nitrogens is 3. The van der Waals surface area contributed by atoms with Gasteiger partial charge in [-0.3, -0.25) is 4.57 Å². The molecule has 1 aromatic heterocycles. The third-order valence-electron chi connectivity index (χ3n) is 7.40. The van der Waals surface area contributed by atoms with Gasteiger partial charge in [0, 0.05) is 5.41 Å². The minimum Gasteiger partial charge on any atom is -0.373 e. The number of H-pyrrole nitrogens is 1. The zero-order chi connectivity index (χ0) is 27.8. The molecule has 0 radical (unpaired) electrons. The van der Waals surface area contributed by atoms with E-state index >= 15 is 0 Å². The van der Waals surface area contributed by atoms with Gasteiger partial charge in [0.05, 0.1) is 23.8 Å². The zero-order valence-electron chi connectivity index (χ0n) is 20.3. The van der Waals surface area contributed by atoms with E-state index in [0.29, 0.717) is 31.3 Å². The average molecular weight is 541 g/mol. The van der Waals surface area contributed by atoms with E-state index < -0.39 is 46.2 Å². The first-order chi connectivity index (χ1) is 17.8. The van der Waals surface area contributed by atoms with E-state index in [0.717, 1.165) is 5.56 Å². The average Bonchev–Trinajstić information content (AvgIpc) is 3.33. The van der Waals surface area contributed by atoms with Crippen LogP contribution in [0, 0.1) is 0 Å². The molecule has 0 aliphatic heterocycles. The highest BCUT2D eigenvalue weighted by molar-refractivity contribution is 5.62. The molecule has 1 saturated carbocycles. The largest absolute Gasteiger partial charge is 0.416 e. The second-order valence-electron chi connectivity index (χ2n) is 9.69. The Morgan fingerprint density at radius 2 is 1.58 bits per heavy atom. The maximum atomic E-state index is 13.3. The van der Waals surface area contributed by atoms with Gasteiger partial charge in [0.25, 0.3) is 0 Å². The highest BCUT2D eigenvalue weighted by Crippen LogP contribution is 2.46. The Bertz CT molecular complexity index is 1290. The molecular weight excluding hydrogens is 516 g/mol. The number of nitrogens with zero attached hydrogens (tertiary/aromatic N) is 2. The van der Waals surface area contributed by atoms with E-state index in [4.69, 9.17) is 4.74 Å². The number of aldehydes is 1. The monoisotopic (exact) mass is 541 g/mol. The quantitative estimate of drug-likeness (QED) is 0.303. The Morgan fingerprint density at radius 3 is 2.05 bits per heavy atom. The topological polar surface area (TPSA) is 77.0 Å². The summed E-state index contributed by atoms with van der Waals surface area (Å²) in [4.78, 5) is 24.3. The number of ether oxygens (including phenoxy) is 1. The van der Waals surface area contributed by atoms with Crippen LogP contribution >= 0.6 is 0 Å². The molecule has 0 saturated heterocycles. The van der Waals surface area contributed by atoms with Crippen molar-refractivity contribution >= 4 is 6.29 Å². The first-order valence-corrected chi connectivity index (χ1v) is 11.9. The first-order valence-electron chi connectivity index (χ1n) is 11.9. The highest BCUT2D eigenvalue weighted by atomic mass is 19.4. The normalized spacial score (nSPS) is 23.2. The summed E-state index contributed by atoms with van der Waals surface area (Å²) in [5.74, 6) is 0. The molecule has 2 aromatic carbocycles. The molecule has 38 heavy (non-hydrogen) atoms. The first kappa shape index (κ1) is 27.6. The van der Waals surface area contributed by atoms with Crippen molar-refractivity contribution in [2.24, 2.45) is 0 Å². The van der Waals surface area contributed by atoms with Gasteiger partial charge >= 0.3 is 18.0 Å². The highest BCUT2D eigenvalue weighted by Gasteiger charge is 2.46. The predicted octanol–water partition coefficient (Wildman–Crippen LogP) is 5.79. The van der Waals surface area contributed by atoms with Crippen molar-refractivity contribution in [1.29, 1.82) is 0 Å². The van der Waals surface area contributed by atoms with Crippen LogP contribution in [0.25, 0.3) is 0 Å². The van der Waals surface area contributed by atoms with Crippen molar-refractivity contribution in [3.8, 4) is 0 Å². The smallest absolute Gasteiger partial charge is 0.373 e. The minimum absolute atomic E-state index is 0.0228. The molecule has 1 aliphatic rings. The fourth-order valence-corrected chi connectivity index (χ4v) is 5.04. The number of carbonyl (C=O) groups is 1. The van der Waals surface area contributed by atoms with Crippen molar-refractivity contribution in [3.63, 3.8) is 0 Å². The molecule has 1 heterocycles. The standard InChI is InChI=1S/C26H25F6N3O3/c1-17(18-11-20(25(27,28)29)13-21(12-18)26(30,31)32)38-15-23(19-5-3-2-4-6-19)7-9-24(14-36,10-8-23)35-16-33-34-22(35)37/h2-6,11-14,16-17H,7-10,15H2,1H3,(H,34,37)/t17-,23?,24?/m1/s1. The molecule has 204 valence electrons. The second kappa shape index (κ2) is 10.0. The van der Waals surface area contributed by atoms with Gasteiger partial charge in [0.1, 0.15) is 18.2 Å². The van der Waals surface area contributed by atoms with Crippen LogP contribution in [0.4, 0.5) is 26.3 Å². The van der Waals surface area contributed by atoms with Crippen molar-refractivity contribution in [2.75, 3.05) is 6.61 Å². The summed E-state index contributed by atoms with van der Waals surface area (Å²) >= 11 is 0. The van der Waals surface area contributed by atoms with Crippen LogP contribution in [-0.4, -0.2) is 27.7 Å². The van der Waals surface area contributed by atoms with Crippen molar-refractivity contribution in [1.82, 2.24) is 14.8 Å². The van der Waals surface area contributed by atoms with Crippen LogP contribution in [-0.2, 0) is 32.8 Å². The van der Waals surface area contributed by atoms with Crippen molar-refractivity contribution in [2.45, 2.75) is 62.0 Å². The molecule has 1 aliphatic carbocycles. The van der Waals surface area contributed by atoms with E-state index in [9.17, 15) is 35.9 Å². The van der Waals surface area contributed by atoms with Gasteiger partial charge in [-0.25, -0.2) is 9.89 Å². The lowest BCUT2D eigenvalue weighted by molar-refractivity contribution is -0.143. The Morgan fingerprint density at radius 1 is 1.00 bits per heavy atom. The van der Waals surface area contributed by atoms with Gasteiger partial charge in [-0.1, -0.05) is 30.3 Å². The molecule has 6 nitrogen and oxygen atoms in total. The third-order valence-corrected chi connectivity index (χ3v) is 7.40. The van der Waals surface area contributed by atoms with E-state index in [-0.39, 0.29) is 31.1 Å². The summed E-state index contributed by atoms with van der Waals surface area (Å²) in [5, 5.41) is 5.99. The Balaban J connectivity index is 1.62. The van der Waals surface area contributed by atoms with E-state index in [1.165, 1.54) is 17.8 Å². The number of nitrogens with one attached hydrogen (secondary N) is 1. The number of carbonyl (C=O) groups excluding carboxylic acids is 1. The number of benzene rings is 2. The maximum absolute atomic E-state index is 13.3. The number of hydrogen-bond acceptors (Lipinski definition) is 4. The number of alkyl halides is 6. The molecule has 4 rings (SSSR count). The predicted molar refractivity (Wildman–Crippen MR) is 124 cm³/mol. The zero-order valence-corrected chi connectivity index (χ0v) is 20.3. The maximum Gasteiger partial charge on any atom is 0.416 e. The van der Waals surface area contributed by atoms with Gasteiger partial charge in [-0.15, -0.1) is 0 Å². The molecule has 1 atom stereocenters. The SMILES string of the molecule is C[C@@H](OCC1(c2ccccc2)CCC(C=O)(n2cn[nH]c2=O)CC1)c1cc(C(F)(F)F)cc(C(F)(F)F)c1. The number of rotatable bonds is 7. The Hall–Kier alpha value is -3.41. The van der Waals surface area contributed by atoms with Crippen LogP contribution in [0.2, 0.25) is 0 Å². The summed E-state index contributed by atoms with van der Waals surface area (Å²) < 4.78 is 87.3. The fourth-order valence-electron chi connectivity index (χ4n) is 5.04. The molecule has 0 bridgehead atoms. The molecule has 0 unspecified atom stereocenters. The minimum atomic E-state index is -4.96. The van der Waals surface area contributed by atoms with Crippen LogP contribution in [0.1, 0.15) is 61.0 Å². The van der Waals surface area contributed by atoms with Crippen molar-refractivity contribution < 1.29 is 35.9 Å². The van der Waals surface area contributed by atoms with E-state index in [1.807, 2.05) is 30.3 Å². The fraction of sp³-hybridized carbons (Fsp3) is 0.423. The lowest BCUT2D eigenvalue weighted by Gasteiger charge is -2.44. The van der Waals surface area contributed by atoms with Crippen LogP contribution in [0.5, 0.6) is 0 Å². The lowest BCUT2D eigenvalue weighted by Crippen LogP contribution is -2.49. The molecule has 0 spiro atoms. The summed E-state index contributed by atoms with van der Waals surface area (Å²) in [6.07, 6.45) is -7.79. The van der Waals surface area contributed by atoms with E-state index in [2.05, 4.69) is 10.2 Å². The summed E-state index contributed by atoms with van der Waals surface area (Å²) in [7, 11) is 0. The van der Waals surface area contributed by atoms with Crippen LogP contribution in [0.15, 0.2) is 59.7 Å². The molecule has 12 heteroatoms. The second-order valence-corrected chi connectivity index (χ2v) is 9.69. The van der Waals surface area contributed by atoms with Gasteiger partial charge in [-0.05, 0) is 61.9 Å². The number of aromatic amines is 1. The molecule has 1 fully saturated rings. The summed E-state index contributed by atoms with van der Waals surface area (Å²) in [5.41, 5.74) is -4.56. The Labute approximate surface area is 213 Å². The third kappa shape index (κ3) is 5.40. The van der Waals surface area contributed by atoms with Gasteiger partial charge in [0.2, 0.25) is 0 Å². The lowest BCUT2D eigenvalue weighted by atomic mass is 9.64. The van der Waals surface area contributed by atoms with Crippen molar-refractivity contribution in [3.05, 3.63) is 87.6 Å². The van der Waals surface area contributed by atoms with Gasteiger partial charge in [0.15, 0.2) is 0 Å². The van der Waals surface area contributed by atoms with Crippen LogP contribution < -0.4 is 5.69 Å². The summed E-state index contributed by atoms with van der Waals surface area (Å²) in [6.45, 7) is 1.38. The van der Waals surface area contributed by atoms with E-state index in [1.54, 1.807) is 0 Å². The molecular formula is C26H25F6N3O3.